The van der Waals surface area contributed by atoms with Crippen LogP contribution in [-0.2, 0) is 9.59 Å². The lowest BCUT2D eigenvalue weighted by atomic mass is 9.98. The highest BCUT2D eigenvalue weighted by molar-refractivity contribution is 5.86. The first-order valence-electron chi connectivity index (χ1n) is 6.08. The van der Waals surface area contributed by atoms with E-state index in [0.29, 0.717) is 6.42 Å². The Morgan fingerprint density at radius 2 is 1.82 bits per heavy atom. The molecule has 0 aromatic rings. The van der Waals surface area contributed by atoms with E-state index >= 15 is 0 Å². The highest BCUT2D eigenvalue weighted by atomic mass is 16.4. The summed E-state index contributed by atoms with van der Waals surface area (Å²) in [5, 5.41) is 11.5. The van der Waals surface area contributed by atoms with Crippen LogP contribution in [0.15, 0.2) is 0 Å². The Morgan fingerprint density at radius 3 is 2.18 bits per heavy atom. The summed E-state index contributed by atoms with van der Waals surface area (Å²) in [5.74, 6) is -1.14. The zero-order valence-corrected chi connectivity index (χ0v) is 11.1. The van der Waals surface area contributed by atoms with Crippen molar-refractivity contribution < 1.29 is 14.7 Å². The van der Waals surface area contributed by atoms with E-state index < -0.39 is 18.1 Å². The number of carbonyl (C=O) groups is 2. The van der Waals surface area contributed by atoms with Gasteiger partial charge in [-0.3, -0.25) is 4.79 Å². The Kier molecular flexibility index (Phi) is 6.80. The fraction of sp³-hybridized carbons (Fsp3) is 0.833. The van der Waals surface area contributed by atoms with Gasteiger partial charge in [0.1, 0.15) is 6.04 Å². The van der Waals surface area contributed by atoms with Gasteiger partial charge in [-0.2, -0.15) is 0 Å². The number of amides is 1. The minimum Gasteiger partial charge on any atom is -0.480 e. The molecule has 5 nitrogen and oxygen atoms in total. The molecule has 1 amide bonds. The van der Waals surface area contributed by atoms with Crippen LogP contribution in [0.4, 0.5) is 0 Å². The van der Waals surface area contributed by atoms with Crippen molar-refractivity contribution in [1.82, 2.24) is 5.32 Å². The Balaban J connectivity index is 4.45. The Hall–Kier alpha value is -1.10. The van der Waals surface area contributed by atoms with Crippen LogP contribution in [-0.4, -0.2) is 29.1 Å². The van der Waals surface area contributed by atoms with Gasteiger partial charge in [-0.1, -0.05) is 34.1 Å². The van der Waals surface area contributed by atoms with Crippen molar-refractivity contribution in [2.45, 2.75) is 52.6 Å². The third-order valence-electron chi connectivity index (χ3n) is 2.88. The van der Waals surface area contributed by atoms with E-state index in [0.717, 1.165) is 6.42 Å². The van der Waals surface area contributed by atoms with Crippen molar-refractivity contribution in [2.24, 2.45) is 17.6 Å². The quantitative estimate of drug-likeness (QED) is 0.622. The van der Waals surface area contributed by atoms with Gasteiger partial charge in [0.25, 0.3) is 0 Å². The van der Waals surface area contributed by atoms with Crippen LogP contribution in [0.3, 0.4) is 0 Å². The fourth-order valence-corrected chi connectivity index (χ4v) is 1.47. The topological polar surface area (TPSA) is 92.4 Å². The van der Waals surface area contributed by atoms with Crippen molar-refractivity contribution in [3.8, 4) is 0 Å². The minimum atomic E-state index is -1.01. The van der Waals surface area contributed by atoms with Crippen molar-refractivity contribution in [3.05, 3.63) is 0 Å². The SMILES string of the molecule is CCC(C)C(N)C(=O)N[C@@H](CC(C)C)C(=O)O. The molecular weight excluding hydrogens is 220 g/mol. The van der Waals surface area contributed by atoms with Crippen molar-refractivity contribution in [1.29, 1.82) is 0 Å². The molecule has 0 aromatic heterocycles. The zero-order chi connectivity index (χ0) is 13.6. The maximum absolute atomic E-state index is 11.7. The monoisotopic (exact) mass is 244 g/mol. The van der Waals surface area contributed by atoms with E-state index in [2.05, 4.69) is 5.32 Å². The molecule has 0 aliphatic rings. The molecule has 0 aliphatic heterocycles. The molecule has 0 saturated heterocycles. The summed E-state index contributed by atoms with van der Waals surface area (Å²) in [4.78, 5) is 22.7. The number of carboxylic acids is 1. The van der Waals surface area contributed by atoms with Crippen LogP contribution in [0.5, 0.6) is 0 Å². The second kappa shape index (κ2) is 7.27. The van der Waals surface area contributed by atoms with Gasteiger partial charge in [-0.05, 0) is 18.3 Å². The molecule has 4 N–H and O–H groups in total. The summed E-state index contributed by atoms with van der Waals surface area (Å²) < 4.78 is 0. The molecule has 0 spiro atoms. The summed E-state index contributed by atoms with van der Waals surface area (Å²) >= 11 is 0. The smallest absolute Gasteiger partial charge is 0.326 e. The maximum atomic E-state index is 11.7. The molecule has 2 unspecified atom stereocenters. The predicted molar refractivity (Wildman–Crippen MR) is 66.5 cm³/mol. The lowest BCUT2D eigenvalue weighted by Gasteiger charge is -2.22. The largest absolute Gasteiger partial charge is 0.480 e. The van der Waals surface area contributed by atoms with Crippen LogP contribution in [0.1, 0.15) is 40.5 Å². The predicted octanol–water partition coefficient (Wildman–Crippen LogP) is 0.975. The van der Waals surface area contributed by atoms with Crippen LogP contribution < -0.4 is 11.1 Å². The van der Waals surface area contributed by atoms with E-state index in [4.69, 9.17) is 10.8 Å². The maximum Gasteiger partial charge on any atom is 0.326 e. The first-order chi connectivity index (χ1) is 7.79. The van der Waals surface area contributed by atoms with Crippen LogP contribution in [0.2, 0.25) is 0 Å². The van der Waals surface area contributed by atoms with E-state index in [-0.39, 0.29) is 17.7 Å². The molecule has 0 aromatic carbocycles. The average Bonchev–Trinajstić information content (AvgIpc) is 2.25. The van der Waals surface area contributed by atoms with Crippen molar-refractivity contribution >= 4 is 11.9 Å². The molecule has 0 radical (unpaired) electrons. The van der Waals surface area contributed by atoms with E-state index in [9.17, 15) is 9.59 Å². The van der Waals surface area contributed by atoms with Gasteiger partial charge >= 0.3 is 5.97 Å². The third-order valence-corrected chi connectivity index (χ3v) is 2.88. The van der Waals surface area contributed by atoms with Crippen LogP contribution in [0.25, 0.3) is 0 Å². The number of nitrogens with two attached hydrogens (primary N) is 1. The second-order valence-electron chi connectivity index (χ2n) is 4.94. The summed E-state index contributed by atoms with van der Waals surface area (Å²) in [6.45, 7) is 7.65. The highest BCUT2D eigenvalue weighted by Crippen LogP contribution is 2.08. The Labute approximate surface area is 103 Å². The minimum absolute atomic E-state index is 0.0449. The molecular formula is C12H24N2O3. The van der Waals surface area contributed by atoms with Crippen LogP contribution >= 0.6 is 0 Å². The fourth-order valence-electron chi connectivity index (χ4n) is 1.47. The molecule has 3 atom stereocenters. The number of carbonyl (C=O) groups excluding carboxylic acids is 1. The third kappa shape index (κ3) is 5.68. The van der Waals surface area contributed by atoms with Crippen molar-refractivity contribution in [3.63, 3.8) is 0 Å². The highest BCUT2D eigenvalue weighted by Gasteiger charge is 2.26. The summed E-state index contributed by atoms with van der Waals surface area (Å²) in [7, 11) is 0. The summed E-state index contributed by atoms with van der Waals surface area (Å²) in [5.41, 5.74) is 5.75. The molecule has 0 aliphatic carbocycles. The molecule has 0 rings (SSSR count). The number of nitrogens with one attached hydrogen (secondary N) is 1. The molecule has 0 heterocycles. The second-order valence-corrected chi connectivity index (χ2v) is 4.94. The van der Waals surface area contributed by atoms with Gasteiger partial charge in [0.15, 0.2) is 0 Å². The molecule has 5 heteroatoms. The number of rotatable bonds is 7. The Morgan fingerprint density at radius 1 is 1.29 bits per heavy atom. The average molecular weight is 244 g/mol. The van der Waals surface area contributed by atoms with E-state index in [1.54, 1.807) is 0 Å². The molecule has 17 heavy (non-hydrogen) atoms. The normalized spacial score (nSPS) is 16.4. The lowest BCUT2D eigenvalue weighted by molar-refractivity contribution is -0.142. The molecule has 100 valence electrons. The van der Waals surface area contributed by atoms with Gasteiger partial charge in [0, 0.05) is 0 Å². The van der Waals surface area contributed by atoms with E-state index in [1.807, 2.05) is 27.7 Å². The van der Waals surface area contributed by atoms with E-state index in [1.165, 1.54) is 0 Å². The van der Waals surface area contributed by atoms with Crippen LogP contribution in [0, 0.1) is 11.8 Å². The van der Waals surface area contributed by atoms with Gasteiger partial charge in [-0.15, -0.1) is 0 Å². The number of carboxylic acid groups (broad SMARTS) is 1. The van der Waals surface area contributed by atoms with Gasteiger partial charge < -0.3 is 16.2 Å². The Bertz CT molecular complexity index is 266. The first kappa shape index (κ1) is 15.9. The molecule has 0 fully saturated rings. The van der Waals surface area contributed by atoms with Crippen molar-refractivity contribution in [2.75, 3.05) is 0 Å². The zero-order valence-electron chi connectivity index (χ0n) is 11.1. The summed E-state index contributed by atoms with van der Waals surface area (Å²) in [6.07, 6.45) is 1.20. The number of hydrogen-bond donors (Lipinski definition) is 3. The standard InChI is InChI=1S/C12H24N2O3/c1-5-8(4)10(13)11(15)14-9(12(16)17)6-7(2)3/h7-10H,5-6,13H2,1-4H3,(H,14,15)(H,16,17)/t8?,9-,10?/m0/s1. The lowest BCUT2D eigenvalue weighted by Crippen LogP contribution is -2.51. The first-order valence-corrected chi connectivity index (χ1v) is 6.08. The number of hydrogen-bond acceptors (Lipinski definition) is 3. The summed E-state index contributed by atoms with van der Waals surface area (Å²) in [6, 6.07) is -1.49. The number of aliphatic carboxylic acids is 1. The van der Waals surface area contributed by atoms with Gasteiger partial charge in [-0.25, -0.2) is 4.79 Å². The molecule has 0 saturated carbocycles. The molecule has 0 bridgehead atoms. The van der Waals surface area contributed by atoms with Gasteiger partial charge in [0.05, 0.1) is 6.04 Å². The van der Waals surface area contributed by atoms with Gasteiger partial charge in [0.2, 0.25) is 5.91 Å².